The summed E-state index contributed by atoms with van der Waals surface area (Å²) in [5.41, 5.74) is 0.682. The highest BCUT2D eigenvalue weighted by Gasteiger charge is 2.54. The number of carbonyl (C=O) groups excluding carboxylic acids is 2. The lowest BCUT2D eigenvalue weighted by Crippen LogP contribution is -2.53. The fraction of sp³-hybridized carbons (Fsp3) is 0.471. The summed E-state index contributed by atoms with van der Waals surface area (Å²) < 4.78 is 1.80. The Bertz CT molecular complexity index is 833. The molecule has 1 saturated heterocycles. The van der Waals surface area contributed by atoms with Crippen LogP contribution >= 0.6 is 11.6 Å². The zero-order chi connectivity index (χ0) is 16.9. The molecule has 0 unspecified atom stereocenters. The molecule has 4 rings (SSSR count). The second kappa shape index (κ2) is 5.48. The van der Waals surface area contributed by atoms with Gasteiger partial charge in [0.15, 0.2) is 0 Å². The van der Waals surface area contributed by atoms with Crippen LogP contribution in [-0.2, 0) is 11.3 Å². The second-order valence-electron chi connectivity index (χ2n) is 6.78. The quantitative estimate of drug-likeness (QED) is 0.850. The Morgan fingerprint density at radius 2 is 2.17 bits per heavy atom. The van der Waals surface area contributed by atoms with Gasteiger partial charge < -0.3 is 9.72 Å². The molecule has 3 heterocycles. The molecule has 24 heavy (non-hydrogen) atoms. The molecule has 1 N–H and O–H groups in total. The van der Waals surface area contributed by atoms with E-state index in [1.807, 2.05) is 13.0 Å². The number of fused-ring (bicyclic) bond motifs is 1. The third-order valence-electron chi connectivity index (χ3n) is 5.29. The normalized spacial score (nSPS) is 27.2. The second-order valence-corrected chi connectivity index (χ2v) is 7.22. The molecule has 0 aromatic carbocycles. The van der Waals surface area contributed by atoms with Crippen molar-refractivity contribution in [3.05, 3.63) is 35.2 Å². The van der Waals surface area contributed by atoms with E-state index in [2.05, 4.69) is 10.3 Å². The summed E-state index contributed by atoms with van der Waals surface area (Å²) in [5, 5.41) is 3.57. The molecule has 2 aromatic rings. The third kappa shape index (κ3) is 2.28. The molecule has 1 aliphatic carbocycles. The largest absolute Gasteiger partial charge is 0.325 e. The predicted octanol–water partition coefficient (Wildman–Crippen LogP) is 2.99. The number of imidazole rings is 1. The van der Waals surface area contributed by atoms with E-state index in [0.717, 1.165) is 31.3 Å². The topological polar surface area (TPSA) is 66.7 Å². The first-order valence-electron chi connectivity index (χ1n) is 8.27. The van der Waals surface area contributed by atoms with Crippen molar-refractivity contribution in [2.45, 2.75) is 44.7 Å². The van der Waals surface area contributed by atoms with E-state index < -0.39 is 5.54 Å². The summed E-state index contributed by atoms with van der Waals surface area (Å²) in [7, 11) is 0. The number of pyridine rings is 1. The summed E-state index contributed by atoms with van der Waals surface area (Å²) >= 11 is 5.98. The predicted molar refractivity (Wildman–Crippen MR) is 89.6 cm³/mol. The van der Waals surface area contributed by atoms with Crippen LogP contribution < -0.4 is 5.32 Å². The monoisotopic (exact) mass is 346 g/mol. The fourth-order valence-corrected chi connectivity index (χ4v) is 4.06. The Kier molecular flexibility index (Phi) is 3.53. The summed E-state index contributed by atoms with van der Waals surface area (Å²) in [6.07, 6.45) is 7.32. The van der Waals surface area contributed by atoms with Gasteiger partial charge in [-0.05, 0) is 30.9 Å². The summed E-state index contributed by atoms with van der Waals surface area (Å²) in [5.74, 6) is 0.0439. The zero-order valence-electron chi connectivity index (χ0n) is 13.5. The van der Waals surface area contributed by atoms with Crippen LogP contribution in [-0.4, -0.2) is 31.8 Å². The minimum Gasteiger partial charge on any atom is -0.323 e. The van der Waals surface area contributed by atoms with E-state index in [4.69, 9.17) is 11.6 Å². The number of rotatable bonds is 2. The molecule has 7 heteroatoms. The summed E-state index contributed by atoms with van der Waals surface area (Å²) in [4.78, 5) is 31.1. The molecule has 0 radical (unpaired) electrons. The van der Waals surface area contributed by atoms with Crippen molar-refractivity contribution >= 4 is 29.2 Å². The average molecular weight is 347 g/mol. The Labute approximate surface area is 144 Å². The fourth-order valence-electron chi connectivity index (χ4n) is 3.89. The molecule has 6 nitrogen and oxygen atoms in total. The summed E-state index contributed by atoms with van der Waals surface area (Å²) in [6, 6.07) is 3.26. The van der Waals surface area contributed by atoms with Crippen LogP contribution in [0.1, 0.15) is 38.3 Å². The molecular formula is C17H19ClN4O2. The van der Waals surface area contributed by atoms with Crippen LogP contribution in [0.3, 0.4) is 0 Å². The number of amides is 3. The molecule has 1 spiro atoms. The lowest BCUT2D eigenvalue weighted by Gasteiger charge is -2.36. The van der Waals surface area contributed by atoms with Crippen molar-refractivity contribution in [1.82, 2.24) is 19.6 Å². The van der Waals surface area contributed by atoms with Gasteiger partial charge in [-0.15, -0.1) is 0 Å². The molecule has 126 valence electrons. The molecule has 2 aromatic heterocycles. The van der Waals surface area contributed by atoms with Gasteiger partial charge in [-0.1, -0.05) is 31.4 Å². The van der Waals surface area contributed by atoms with Crippen molar-refractivity contribution in [3.8, 4) is 0 Å². The Balaban J connectivity index is 1.61. The first-order valence-corrected chi connectivity index (χ1v) is 8.65. The standard InChI is InChI=1S/C17H19ClN4O2/c1-11-4-2-3-7-17(11)15(23)22(16(24)20-17)10-13-9-21-8-12(18)5-6-14(21)19-13/h5-6,8-9,11H,2-4,7,10H2,1H3,(H,20,24)/t11-,17-/m1/s1. The molecule has 2 atom stereocenters. The van der Waals surface area contributed by atoms with Gasteiger partial charge in [-0.2, -0.15) is 0 Å². The Hall–Kier alpha value is -2.08. The van der Waals surface area contributed by atoms with Gasteiger partial charge in [-0.25, -0.2) is 9.78 Å². The summed E-state index contributed by atoms with van der Waals surface area (Å²) in [6.45, 7) is 2.23. The highest BCUT2D eigenvalue weighted by molar-refractivity contribution is 6.30. The van der Waals surface area contributed by atoms with Crippen molar-refractivity contribution in [2.24, 2.45) is 5.92 Å². The van der Waals surface area contributed by atoms with Crippen LogP contribution in [0, 0.1) is 5.92 Å². The van der Waals surface area contributed by atoms with Crippen LogP contribution in [0.5, 0.6) is 0 Å². The van der Waals surface area contributed by atoms with Crippen molar-refractivity contribution in [1.29, 1.82) is 0 Å². The lowest BCUT2D eigenvalue weighted by molar-refractivity contribution is -0.134. The highest BCUT2D eigenvalue weighted by Crippen LogP contribution is 2.38. The zero-order valence-corrected chi connectivity index (χ0v) is 14.2. The number of urea groups is 1. The number of hydrogen-bond donors (Lipinski definition) is 1. The Morgan fingerprint density at radius 1 is 1.33 bits per heavy atom. The average Bonchev–Trinajstić information content (AvgIpc) is 3.04. The van der Waals surface area contributed by atoms with E-state index in [0.29, 0.717) is 10.7 Å². The van der Waals surface area contributed by atoms with Crippen LogP contribution in [0.15, 0.2) is 24.5 Å². The van der Waals surface area contributed by atoms with Gasteiger partial charge in [-0.3, -0.25) is 9.69 Å². The smallest absolute Gasteiger partial charge is 0.323 e. The maximum absolute atomic E-state index is 13.0. The lowest BCUT2D eigenvalue weighted by atomic mass is 9.73. The van der Waals surface area contributed by atoms with E-state index in [9.17, 15) is 9.59 Å². The van der Waals surface area contributed by atoms with Gasteiger partial charge in [0.05, 0.1) is 17.3 Å². The molecular weight excluding hydrogens is 328 g/mol. The third-order valence-corrected chi connectivity index (χ3v) is 5.51. The Morgan fingerprint density at radius 3 is 2.96 bits per heavy atom. The minimum absolute atomic E-state index is 0.116. The van der Waals surface area contributed by atoms with Crippen molar-refractivity contribution in [2.75, 3.05) is 0 Å². The van der Waals surface area contributed by atoms with Gasteiger partial charge in [0.25, 0.3) is 5.91 Å². The van der Waals surface area contributed by atoms with E-state index >= 15 is 0 Å². The highest BCUT2D eigenvalue weighted by atomic mass is 35.5. The number of carbonyl (C=O) groups is 2. The SMILES string of the molecule is C[C@@H]1CCCC[C@@]12NC(=O)N(Cc1cn3cc(Cl)ccc3n1)C2=O. The van der Waals surface area contributed by atoms with Crippen LogP contribution in [0.4, 0.5) is 4.79 Å². The maximum Gasteiger partial charge on any atom is 0.325 e. The number of halogens is 1. The van der Waals surface area contributed by atoms with Crippen LogP contribution in [0.25, 0.3) is 5.65 Å². The molecule has 2 fully saturated rings. The van der Waals surface area contributed by atoms with E-state index in [1.54, 1.807) is 22.9 Å². The molecule has 1 aliphatic heterocycles. The van der Waals surface area contributed by atoms with Gasteiger partial charge >= 0.3 is 6.03 Å². The first kappa shape index (κ1) is 15.4. The van der Waals surface area contributed by atoms with Gasteiger partial charge in [0, 0.05) is 12.4 Å². The maximum atomic E-state index is 13.0. The first-order chi connectivity index (χ1) is 11.5. The number of nitrogens with one attached hydrogen (secondary N) is 1. The van der Waals surface area contributed by atoms with E-state index in [1.165, 1.54) is 4.90 Å². The number of aromatic nitrogens is 2. The number of hydrogen-bond acceptors (Lipinski definition) is 3. The molecule has 0 bridgehead atoms. The molecule has 1 saturated carbocycles. The van der Waals surface area contributed by atoms with Crippen molar-refractivity contribution < 1.29 is 9.59 Å². The molecule has 3 amide bonds. The number of nitrogens with zero attached hydrogens (tertiary/aromatic N) is 3. The van der Waals surface area contributed by atoms with Gasteiger partial charge in [0.1, 0.15) is 11.2 Å². The van der Waals surface area contributed by atoms with Gasteiger partial charge in [0.2, 0.25) is 0 Å². The number of imide groups is 1. The van der Waals surface area contributed by atoms with E-state index in [-0.39, 0.29) is 24.4 Å². The minimum atomic E-state index is -0.724. The van der Waals surface area contributed by atoms with Crippen molar-refractivity contribution in [3.63, 3.8) is 0 Å². The molecule has 2 aliphatic rings. The van der Waals surface area contributed by atoms with Crippen LogP contribution in [0.2, 0.25) is 5.02 Å².